The number of anilines is 1. The Labute approximate surface area is 302 Å². The molecule has 0 spiro atoms. The Bertz CT molecular complexity index is 1470. The van der Waals surface area contributed by atoms with Crippen molar-refractivity contribution in [1.82, 2.24) is 21.3 Å². The Balaban J connectivity index is 1.49. The Morgan fingerprint density at radius 2 is 1.47 bits per heavy atom. The number of amides is 5. The van der Waals surface area contributed by atoms with Crippen LogP contribution in [-0.4, -0.2) is 65.4 Å². The zero-order valence-corrected chi connectivity index (χ0v) is 30.6. The van der Waals surface area contributed by atoms with Crippen LogP contribution in [0.25, 0.3) is 0 Å². The van der Waals surface area contributed by atoms with Crippen molar-refractivity contribution in [2.24, 2.45) is 17.8 Å². The third kappa shape index (κ3) is 12.5. The molecule has 1 unspecified atom stereocenters. The van der Waals surface area contributed by atoms with Crippen LogP contribution in [0.2, 0.25) is 0 Å². The highest BCUT2D eigenvalue weighted by Crippen LogP contribution is 2.34. The highest BCUT2D eigenvalue weighted by atomic mass is 16.3. The first kappa shape index (κ1) is 39.5. The molecular weight excluding hydrogens is 646 g/mol. The maximum absolute atomic E-state index is 14.0. The van der Waals surface area contributed by atoms with E-state index in [0.29, 0.717) is 31.0 Å². The smallest absolute Gasteiger partial charge is 0.243 e. The second-order valence-corrected chi connectivity index (χ2v) is 15.2. The Morgan fingerprint density at radius 3 is 2.16 bits per heavy atom. The van der Waals surface area contributed by atoms with Gasteiger partial charge in [-0.15, -0.1) is 0 Å². The van der Waals surface area contributed by atoms with E-state index in [1.807, 2.05) is 76.2 Å². The number of nitrogens with one attached hydrogen (secondary N) is 5. The molecule has 11 heteroatoms. The second kappa shape index (κ2) is 19.4. The molecule has 4 rings (SSSR count). The molecule has 2 aromatic rings. The first-order valence-corrected chi connectivity index (χ1v) is 18.7. The molecule has 0 radical (unpaired) electrons. The molecule has 11 nitrogen and oxygen atoms in total. The fraction of sp³-hybridized carbons (Fsp3) is 0.575. The van der Waals surface area contributed by atoms with Gasteiger partial charge < -0.3 is 31.7 Å². The van der Waals surface area contributed by atoms with Crippen molar-refractivity contribution in [2.45, 2.75) is 122 Å². The first-order valence-electron chi connectivity index (χ1n) is 18.7. The molecule has 0 aromatic heterocycles. The summed E-state index contributed by atoms with van der Waals surface area (Å²) in [5, 5.41) is 25.7. The van der Waals surface area contributed by atoms with Gasteiger partial charge in [0.15, 0.2) is 0 Å². The Hall–Kier alpha value is -4.25. The highest BCUT2D eigenvalue weighted by molar-refractivity contribution is 6.05. The lowest BCUT2D eigenvalue weighted by molar-refractivity contribution is -0.133. The number of hydrogen-bond acceptors (Lipinski definition) is 6. The van der Waals surface area contributed by atoms with Crippen LogP contribution < -0.4 is 26.6 Å². The number of hydrogen-bond donors (Lipinski definition) is 6. The minimum absolute atomic E-state index is 0.0349. The average molecular weight is 704 g/mol. The maximum atomic E-state index is 14.0. The quantitative estimate of drug-likeness (QED) is 0.135. The van der Waals surface area contributed by atoms with E-state index < -0.39 is 47.9 Å². The van der Waals surface area contributed by atoms with E-state index in [4.69, 9.17) is 0 Å². The molecule has 2 aliphatic rings. The molecule has 5 amide bonds. The summed E-state index contributed by atoms with van der Waals surface area (Å²) >= 11 is 0. The number of rotatable bonds is 18. The van der Waals surface area contributed by atoms with E-state index in [2.05, 4.69) is 26.6 Å². The van der Waals surface area contributed by atoms with E-state index in [0.717, 1.165) is 43.2 Å². The number of fused-ring (bicyclic) bond motifs is 1. The van der Waals surface area contributed by atoms with Crippen LogP contribution in [0.5, 0.6) is 0 Å². The number of aliphatic hydroxyl groups is 1. The fourth-order valence-electron chi connectivity index (χ4n) is 7.05. The third-order valence-corrected chi connectivity index (χ3v) is 9.78. The predicted octanol–water partition coefficient (Wildman–Crippen LogP) is 4.35. The summed E-state index contributed by atoms with van der Waals surface area (Å²) in [4.78, 5) is 66.8. The number of para-hydroxylation sites is 1. The van der Waals surface area contributed by atoms with Crippen LogP contribution in [0, 0.1) is 17.8 Å². The van der Waals surface area contributed by atoms with Crippen LogP contribution >= 0.6 is 0 Å². The van der Waals surface area contributed by atoms with Gasteiger partial charge in [0.2, 0.25) is 29.5 Å². The summed E-state index contributed by atoms with van der Waals surface area (Å²) in [6.45, 7) is 8.39. The van der Waals surface area contributed by atoms with Gasteiger partial charge >= 0.3 is 0 Å². The van der Waals surface area contributed by atoms with E-state index in [-0.39, 0.29) is 42.9 Å². The normalized spacial score (nSPS) is 18.3. The molecule has 0 bridgehead atoms. The summed E-state index contributed by atoms with van der Waals surface area (Å²) in [6, 6.07) is 13.9. The summed E-state index contributed by atoms with van der Waals surface area (Å²) in [7, 11) is 0. The van der Waals surface area contributed by atoms with Gasteiger partial charge in [0, 0.05) is 25.1 Å². The number of carbonyl (C=O) groups is 5. The van der Waals surface area contributed by atoms with Crippen LogP contribution in [-0.2, 0) is 30.4 Å². The molecule has 1 fully saturated rings. The lowest BCUT2D eigenvalue weighted by Crippen LogP contribution is -2.57. The predicted molar refractivity (Wildman–Crippen MR) is 197 cm³/mol. The molecule has 1 saturated carbocycles. The van der Waals surface area contributed by atoms with Gasteiger partial charge in [0.1, 0.15) is 12.1 Å². The van der Waals surface area contributed by atoms with Gasteiger partial charge in [-0.2, -0.15) is 0 Å². The second-order valence-electron chi connectivity index (χ2n) is 15.2. The van der Waals surface area contributed by atoms with Crippen molar-refractivity contribution in [1.29, 1.82) is 0 Å². The Morgan fingerprint density at radius 1 is 0.804 bits per heavy atom. The zero-order valence-electron chi connectivity index (χ0n) is 30.6. The molecule has 278 valence electrons. The summed E-state index contributed by atoms with van der Waals surface area (Å²) < 4.78 is 0. The molecule has 51 heavy (non-hydrogen) atoms. The molecule has 5 atom stereocenters. The summed E-state index contributed by atoms with van der Waals surface area (Å²) in [5.74, 6) is -2.04. The van der Waals surface area contributed by atoms with Gasteiger partial charge in [-0.3, -0.25) is 24.0 Å². The number of carbonyl (C=O) groups excluding carboxylic acids is 5. The minimum Gasteiger partial charge on any atom is -0.390 e. The van der Waals surface area contributed by atoms with Crippen molar-refractivity contribution in [3.8, 4) is 0 Å². The zero-order chi connectivity index (χ0) is 36.9. The SMILES string of the molecule is CC(C)CNC(=O)C[C@H](O)[C@H](CC1CCCCC1)NC(=O)[C@H](CC(C)C)NC(=O)[C@H](Cc1ccccc1)NC(=O)CC1C(=O)Nc2ccccc21. The van der Waals surface area contributed by atoms with Gasteiger partial charge in [0.25, 0.3) is 0 Å². The van der Waals surface area contributed by atoms with Crippen LogP contribution in [0.1, 0.15) is 103 Å². The molecule has 6 N–H and O–H groups in total. The standard InChI is InChI=1S/C40H57N5O6/c1-25(2)19-33(39(50)44-32(20-27-13-7-5-8-14-27)35(46)23-36(47)41-24-26(3)4)45-40(51)34(21-28-15-9-6-10-16-28)42-37(48)22-30-29-17-11-12-18-31(29)43-38(30)49/h6,9-12,15-18,25-27,30,32-35,46H,5,7-8,13-14,19-24H2,1-4H3,(H,41,47)(H,42,48)(H,43,49)(H,44,50)(H,45,51)/t30?,32-,33-,34-,35-/m0/s1. The highest BCUT2D eigenvalue weighted by Gasteiger charge is 2.35. The lowest BCUT2D eigenvalue weighted by atomic mass is 9.83. The molecule has 0 saturated heterocycles. The lowest BCUT2D eigenvalue weighted by Gasteiger charge is -2.32. The average Bonchev–Trinajstić information content (AvgIpc) is 3.41. The summed E-state index contributed by atoms with van der Waals surface area (Å²) in [6.07, 6.45) is 5.02. The van der Waals surface area contributed by atoms with E-state index in [9.17, 15) is 29.1 Å². The van der Waals surface area contributed by atoms with Crippen molar-refractivity contribution < 1.29 is 29.1 Å². The van der Waals surface area contributed by atoms with Crippen molar-refractivity contribution in [2.75, 3.05) is 11.9 Å². The van der Waals surface area contributed by atoms with Crippen molar-refractivity contribution in [3.05, 3.63) is 65.7 Å². The van der Waals surface area contributed by atoms with Crippen LogP contribution in [0.4, 0.5) is 5.69 Å². The van der Waals surface area contributed by atoms with Crippen molar-refractivity contribution in [3.63, 3.8) is 0 Å². The molecular formula is C40H57N5O6. The van der Waals surface area contributed by atoms with Crippen LogP contribution in [0.3, 0.4) is 0 Å². The first-order chi connectivity index (χ1) is 24.4. The van der Waals surface area contributed by atoms with Gasteiger partial charge in [-0.25, -0.2) is 0 Å². The van der Waals surface area contributed by atoms with E-state index in [1.165, 1.54) is 0 Å². The number of benzene rings is 2. The van der Waals surface area contributed by atoms with Gasteiger partial charge in [0.05, 0.1) is 24.5 Å². The Kier molecular flexibility index (Phi) is 15.0. The van der Waals surface area contributed by atoms with Crippen molar-refractivity contribution >= 4 is 35.2 Å². The van der Waals surface area contributed by atoms with Crippen LogP contribution in [0.15, 0.2) is 54.6 Å². The molecule has 2 aromatic carbocycles. The number of aliphatic hydroxyl groups excluding tert-OH is 1. The molecule has 1 aliphatic heterocycles. The third-order valence-electron chi connectivity index (χ3n) is 9.78. The topological polar surface area (TPSA) is 166 Å². The van der Waals surface area contributed by atoms with Gasteiger partial charge in [-0.1, -0.05) is 108 Å². The monoisotopic (exact) mass is 703 g/mol. The molecule has 1 aliphatic carbocycles. The van der Waals surface area contributed by atoms with E-state index >= 15 is 0 Å². The van der Waals surface area contributed by atoms with E-state index in [1.54, 1.807) is 6.07 Å². The largest absolute Gasteiger partial charge is 0.390 e. The minimum atomic E-state index is -1.10. The maximum Gasteiger partial charge on any atom is 0.243 e. The molecule has 1 heterocycles. The summed E-state index contributed by atoms with van der Waals surface area (Å²) in [5.41, 5.74) is 2.22. The van der Waals surface area contributed by atoms with Gasteiger partial charge in [-0.05, 0) is 47.8 Å². The fourth-order valence-corrected chi connectivity index (χ4v) is 7.05.